The summed E-state index contributed by atoms with van der Waals surface area (Å²) in [6.07, 6.45) is 4.33. The van der Waals surface area contributed by atoms with Crippen molar-refractivity contribution in [3.8, 4) is 0 Å². The minimum absolute atomic E-state index is 0.315. The number of fused-ring (bicyclic) bond motifs is 3. The third kappa shape index (κ3) is 3.12. The molecule has 3 heterocycles. The van der Waals surface area contributed by atoms with Gasteiger partial charge in [0.05, 0.1) is 4.90 Å². The van der Waals surface area contributed by atoms with Crippen LogP contribution in [0.15, 0.2) is 41.8 Å². The zero-order valence-corrected chi connectivity index (χ0v) is 13.8. The van der Waals surface area contributed by atoms with Crippen molar-refractivity contribution in [2.24, 2.45) is 11.8 Å². The topological polar surface area (TPSA) is 49.4 Å². The summed E-state index contributed by atoms with van der Waals surface area (Å²) < 4.78 is 27.5. The highest BCUT2D eigenvalue weighted by molar-refractivity contribution is 7.89. The fourth-order valence-electron chi connectivity index (χ4n) is 3.67. The Kier molecular flexibility index (Phi) is 4.39. The van der Waals surface area contributed by atoms with E-state index >= 15 is 0 Å². The summed E-state index contributed by atoms with van der Waals surface area (Å²) in [5.74, 6) is 1.23. The van der Waals surface area contributed by atoms with E-state index in [-0.39, 0.29) is 0 Å². The van der Waals surface area contributed by atoms with E-state index < -0.39 is 10.0 Å². The van der Waals surface area contributed by atoms with E-state index in [2.05, 4.69) is 22.3 Å². The Hall–Kier alpha value is -1.17. The maximum Gasteiger partial charge on any atom is 0.240 e. The van der Waals surface area contributed by atoms with Crippen LogP contribution in [0.4, 0.5) is 0 Å². The van der Waals surface area contributed by atoms with E-state index in [1.165, 1.54) is 6.42 Å². The molecule has 4 nitrogen and oxygen atoms in total. The largest absolute Gasteiger partial charge is 0.298 e. The minimum atomic E-state index is -3.41. The van der Waals surface area contributed by atoms with E-state index in [9.17, 15) is 8.42 Å². The molecule has 1 aromatic carbocycles. The second kappa shape index (κ2) is 6.14. The van der Waals surface area contributed by atoms with Crippen LogP contribution in [0, 0.1) is 18.8 Å². The fraction of sp³-hybridized carbons (Fsp3) is 0.529. The standard InChI is InChI=1S/C17H24N2O2S/c1-3-14-12-19-9-8-15(14)10-16(19)11-18-22(20,21)17-6-4-13(2)5-7-17/h3-7,14-16,18H,1,8-12H2,2H3/t14-,15-,16+/m0/s1. The van der Waals surface area contributed by atoms with Gasteiger partial charge >= 0.3 is 0 Å². The van der Waals surface area contributed by atoms with Crippen LogP contribution in [0.25, 0.3) is 0 Å². The second-order valence-corrected chi connectivity index (χ2v) is 8.26. The molecule has 0 radical (unpaired) electrons. The summed E-state index contributed by atoms with van der Waals surface area (Å²) in [6, 6.07) is 7.30. The highest BCUT2D eigenvalue weighted by Crippen LogP contribution is 2.36. The van der Waals surface area contributed by atoms with Crippen LogP contribution in [0.3, 0.4) is 0 Å². The summed E-state index contributed by atoms with van der Waals surface area (Å²) in [5.41, 5.74) is 1.06. The summed E-state index contributed by atoms with van der Waals surface area (Å²) in [5, 5.41) is 0. The molecule has 0 spiro atoms. The lowest BCUT2D eigenvalue weighted by molar-refractivity contribution is 0.0218. The molecule has 3 fully saturated rings. The molecule has 3 aliphatic rings. The van der Waals surface area contributed by atoms with E-state index in [0.29, 0.717) is 29.3 Å². The number of hydrogen-bond acceptors (Lipinski definition) is 3. The van der Waals surface area contributed by atoms with E-state index in [0.717, 1.165) is 25.1 Å². The lowest BCUT2D eigenvalue weighted by atomic mass is 9.76. The maximum absolute atomic E-state index is 12.4. The van der Waals surface area contributed by atoms with Crippen LogP contribution in [-0.4, -0.2) is 39.0 Å². The Bertz CT molecular complexity index is 639. The number of sulfonamides is 1. The van der Waals surface area contributed by atoms with Gasteiger partial charge < -0.3 is 0 Å². The SMILES string of the molecule is C=C[C@H]1CN2CC[C@H]1C[C@@H]2CNS(=O)(=O)c1ccc(C)cc1. The highest BCUT2D eigenvalue weighted by atomic mass is 32.2. The molecule has 22 heavy (non-hydrogen) atoms. The third-order valence-corrected chi connectivity index (χ3v) is 6.51. The third-order valence-electron chi connectivity index (χ3n) is 5.07. The summed E-state index contributed by atoms with van der Waals surface area (Å²) >= 11 is 0. The van der Waals surface area contributed by atoms with Crippen molar-refractivity contribution in [1.29, 1.82) is 0 Å². The average Bonchev–Trinajstić information content (AvgIpc) is 2.54. The molecule has 2 bridgehead atoms. The van der Waals surface area contributed by atoms with E-state index in [4.69, 9.17) is 0 Å². The van der Waals surface area contributed by atoms with Gasteiger partial charge in [-0.3, -0.25) is 4.90 Å². The van der Waals surface area contributed by atoms with Gasteiger partial charge in [-0.15, -0.1) is 6.58 Å². The van der Waals surface area contributed by atoms with Gasteiger partial charge in [-0.25, -0.2) is 13.1 Å². The van der Waals surface area contributed by atoms with E-state index in [1.54, 1.807) is 12.1 Å². The number of aryl methyl sites for hydroxylation is 1. The molecule has 1 N–H and O–H groups in total. The predicted octanol–water partition coefficient (Wildman–Crippen LogP) is 2.17. The van der Waals surface area contributed by atoms with Crippen LogP contribution in [0.2, 0.25) is 0 Å². The van der Waals surface area contributed by atoms with Gasteiger partial charge in [-0.2, -0.15) is 0 Å². The molecular weight excluding hydrogens is 296 g/mol. The molecule has 3 aliphatic heterocycles. The number of benzene rings is 1. The van der Waals surface area contributed by atoms with Gasteiger partial charge in [0.2, 0.25) is 10.0 Å². The highest BCUT2D eigenvalue weighted by Gasteiger charge is 2.38. The van der Waals surface area contributed by atoms with Crippen LogP contribution in [0.1, 0.15) is 18.4 Å². The van der Waals surface area contributed by atoms with Crippen molar-refractivity contribution in [2.75, 3.05) is 19.6 Å². The molecule has 0 saturated carbocycles. The number of rotatable bonds is 5. The smallest absolute Gasteiger partial charge is 0.240 e. The molecular formula is C17H24N2O2S. The fourth-order valence-corrected chi connectivity index (χ4v) is 4.74. The maximum atomic E-state index is 12.4. The summed E-state index contributed by atoms with van der Waals surface area (Å²) in [4.78, 5) is 2.75. The van der Waals surface area contributed by atoms with E-state index in [1.807, 2.05) is 19.1 Å². The first-order valence-corrected chi connectivity index (χ1v) is 9.41. The Morgan fingerprint density at radius 3 is 2.68 bits per heavy atom. The molecule has 3 saturated heterocycles. The normalized spacial score (nSPS) is 31.1. The van der Waals surface area contributed by atoms with Crippen molar-refractivity contribution < 1.29 is 8.42 Å². The van der Waals surface area contributed by atoms with Gasteiger partial charge in [0, 0.05) is 19.1 Å². The minimum Gasteiger partial charge on any atom is -0.298 e. The molecule has 4 atom stereocenters. The van der Waals surface area contributed by atoms with Crippen LogP contribution >= 0.6 is 0 Å². The molecule has 4 rings (SSSR count). The van der Waals surface area contributed by atoms with Gasteiger partial charge in [0.15, 0.2) is 0 Å². The zero-order chi connectivity index (χ0) is 15.7. The number of hydrogen-bond donors (Lipinski definition) is 1. The molecule has 0 amide bonds. The van der Waals surface area contributed by atoms with Crippen molar-refractivity contribution in [2.45, 2.75) is 30.7 Å². The summed E-state index contributed by atoms with van der Waals surface area (Å²) in [7, 11) is -3.41. The van der Waals surface area contributed by atoms with Crippen molar-refractivity contribution in [1.82, 2.24) is 9.62 Å². The quantitative estimate of drug-likeness (QED) is 0.846. The number of nitrogens with zero attached hydrogens (tertiary/aromatic N) is 1. The molecule has 5 heteroatoms. The lowest BCUT2D eigenvalue weighted by Gasteiger charge is -2.49. The summed E-state index contributed by atoms with van der Waals surface area (Å²) in [6.45, 7) is 8.46. The molecule has 1 aromatic rings. The Morgan fingerprint density at radius 2 is 2.09 bits per heavy atom. The first-order valence-electron chi connectivity index (χ1n) is 7.92. The second-order valence-electron chi connectivity index (χ2n) is 6.50. The molecule has 0 aliphatic carbocycles. The van der Waals surface area contributed by atoms with Crippen molar-refractivity contribution in [3.63, 3.8) is 0 Å². The van der Waals surface area contributed by atoms with Gasteiger partial charge in [-0.1, -0.05) is 23.8 Å². The zero-order valence-electron chi connectivity index (χ0n) is 13.0. The van der Waals surface area contributed by atoms with Crippen LogP contribution < -0.4 is 4.72 Å². The Morgan fingerprint density at radius 1 is 1.36 bits per heavy atom. The number of nitrogens with one attached hydrogen (secondary N) is 1. The van der Waals surface area contributed by atoms with Gasteiger partial charge in [0.25, 0.3) is 0 Å². The van der Waals surface area contributed by atoms with Crippen LogP contribution in [-0.2, 0) is 10.0 Å². The Labute approximate surface area is 133 Å². The monoisotopic (exact) mass is 320 g/mol. The molecule has 1 unspecified atom stereocenters. The lowest BCUT2D eigenvalue weighted by Crippen LogP contribution is -2.56. The Balaban J connectivity index is 1.63. The predicted molar refractivity (Wildman–Crippen MR) is 88.1 cm³/mol. The van der Waals surface area contributed by atoms with Crippen molar-refractivity contribution >= 4 is 10.0 Å². The van der Waals surface area contributed by atoms with Gasteiger partial charge in [-0.05, 0) is 50.3 Å². The average molecular weight is 320 g/mol. The van der Waals surface area contributed by atoms with Crippen LogP contribution in [0.5, 0.6) is 0 Å². The molecule has 0 aromatic heterocycles. The number of piperidine rings is 3. The first-order chi connectivity index (χ1) is 10.5. The van der Waals surface area contributed by atoms with Crippen molar-refractivity contribution in [3.05, 3.63) is 42.5 Å². The van der Waals surface area contributed by atoms with Gasteiger partial charge in [0.1, 0.15) is 0 Å². The molecule has 120 valence electrons. The first kappa shape index (κ1) is 15.7.